The van der Waals surface area contributed by atoms with Gasteiger partial charge in [-0.25, -0.2) is 20.6 Å². The Morgan fingerprint density at radius 3 is 1.91 bits per heavy atom. The van der Waals surface area contributed by atoms with E-state index in [4.69, 9.17) is 5.21 Å². The standard InChI is InChI=1S/C11H13N5O6/c17-14(18)7-5-8(15(19)20)11(9(6-7)16(21)22)13-10-3-1-2-4-12-10/h1-6,14-17,19,21H,(H,12,13). The van der Waals surface area contributed by atoms with E-state index < -0.39 is 32.7 Å². The minimum Gasteiger partial charge on any atom is -0.595 e. The van der Waals surface area contributed by atoms with Crippen molar-refractivity contribution >= 4 is 28.6 Å². The van der Waals surface area contributed by atoms with E-state index in [0.717, 1.165) is 12.1 Å². The van der Waals surface area contributed by atoms with Gasteiger partial charge in [0.1, 0.15) is 5.82 Å². The molecule has 0 amide bonds. The van der Waals surface area contributed by atoms with Crippen LogP contribution in [0.5, 0.6) is 0 Å². The molecule has 0 bridgehead atoms. The molecule has 118 valence electrons. The fourth-order valence-electron chi connectivity index (χ4n) is 1.80. The van der Waals surface area contributed by atoms with Crippen molar-refractivity contribution in [3.8, 4) is 0 Å². The number of hydrogen-bond donors (Lipinski definition) is 7. The van der Waals surface area contributed by atoms with Gasteiger partial charge in [-0.3, -0.25) is 0 Å². The van der Waals surface area contributed by atoms with Gasteiger partial charge in [0.25, 0.3) is 0 Å². The molecule has 11 nitrogen and oxygen atoms in total. The molecule has 2 rings (SSSR count). The van der Waals surface area contributed by atoms with Crippen LogP contribution in [0.25, 0.3) is 0 Å². The first-order chi connectivity index (χ1) is 10.4. The molecule has 1 aromatic carbocycles. The van der Waals surface area contributed by atoms with Crippen LogP contribution in [0.3, 0.4) is 0 Å². The molecule has 22 heavy (non-hydrogen) atoms. The fourth-order valence-corrected chi connectivity index (χ4v) is 1.80. The first kappa shape index (κ1) is 16.2. The molecule has 1 heterocycles. The zero-order chi connectivity index (χ0) is 16.3. The number of quaternary nitrogens is 3. The van der Waals surface area contributed by atoms with Gasteiger partial charge >= 0.3 is 0 Å². The number of aromatic nitrogens is 1. The third-order valence-electron chi connectivity index (χ3n) is 2.76. The second-order valence-electron chi connectivity index (χ2n) is 4.20. The molecule has 0 aliphatic carbocycles. The van der Waals surface area contributed by atoms with Gasteiger partial charge in [-0.15, -0.1) is 0 Å². The smallest absolute Gasteiger partial charge is 0.200 e. The van der Waals surface area contributed by atoms with Crippen LogP contribution in [0.1, 0.15) is 0 Å². The van der Waals surface area contributed by atoms with Gasteiger partial charge in [-0.05, 0) is 12.1 Å². The summed E-state index contributed by atoms with van der Waals surface area (Å²) in [7, 11) is 0. The summed E-state index contributed by atoms with van der Waals surface area (Å²) in [5.41, 5.74) is -1.60. The van der Waals surface area contributed by atoms with E-state index in [0.29, 0.717) is 0 Å². The molecule has 1 aromatic heterocycles. The van der Waals surface area contributed by atoms with E-state index in [1.165, 1.54) is 12.3 Å². The summed E-state index contributed by atoms with van der Waals surface area (Å²) in [6, 6.07) is 6.56. The minimum atomic E-state index is -1.45. The quantitative estimate of drug-likeness (QED) is 0.312. The first-order valence-electron chi connectivity index (χ1n) is 5.96. The number of nitrogens with zero attached hydrogens (tertiary/aromatic N) is 1. The summed E-state index contributed by atoms with van der Waals surface area (Å²) in [5, 5.41) is 59.3. The molecular formula is C11H13N5O6. The summed E-state index contributed by atoms with van der Waals surface area (Å²) in [6.07, 6.45) is 1.44. The third kappa shape index (κ3) is 3.52. The Morgan fingerprint density at radius 1 is 0.909 bits per heavy atom. The Balaban J connectivity index is 2.58. The highest BCUT2D eigenvalue weighted by molar-refractivity contribution is 5.80. The molecule has 0 aliphatic rings. The lowest BCUT2D eigenvalue weighted by Crippen LogP contribution is -3.02. The van der Waals surface area contributed by atoms with Gasteiger partial charge in [-0.2, -0.15) is 15.7 Å². The SMILES string of the molecule is [O-][NH+](O)c1cc([NH+]([O-])O)c(Nc2ccccn2)c([NH+]([O-])O)c1. The van der Waals surface area contributed by atoms with Crippen molar-refractivity contribution in [3.05, 3.63) is 52.2 Å². The molecule has 3 unspecified atom stereocenters. The van der Waals surface area contributed by atoms with Gasteiger partial charge in [0, 0.05) is 6.20 Å². The van der Waals surface area contributed by atoms with Gasteiger partial charge in [-0.1, -0.05) is 6.07 Å². The topological polar surface area (TPSA) is 168 Å². The number of hydrogen-bond acceptors (Lipinski definition) is 8. The lowest BCUT2D eigenvalue weighted by molar-refractivity contribution is -1.00. The van der Waals surface area contributed by atoms with Crippen molar-refractivity contribution in [3.63, 3.8) is 0 Å². The van der Waals surface area contributed by atoms with E-state index in [2.05, 4.69) is 10.3 Å². The largest absolute Gasteiger partial charge is 0.595 e. The summed E-state index contributed by atoms with van der Waals surface area (Å²) in [5.74, 6) is 0.232. The molecule has 11 heteroatoms. The molecular weight excluding hydrogens is 298 g/mol. The summed E-state index contributed by atoms with van der Waals surface area (Å²) >= 11 is 0. The third-order valence-corrected chi connectivity index (χ3v) is 2.76. The lowest BCUT2D eigenvalue weighted by Gasteiger charge is -2.23. The van der Waals surface area contributed by atoms with E-state index in [9.17, 15) is 26.0 Å². The fraction of sp³-hybridized carbons (Fsp3) is 0. The van der Waals surface area contributed by atoms with Crippen LogP contribution in [-0.2, 0) is 0 Å². The van der Waals surface area contributed by atoms with Crippen molar-refractivity contribution in [2.45, 2.75) is 0 Å². The van der Waals surface area contributed by atoms with Crippen LogP contribution in [0, 0.1) is 15.6 Å². The minimum absolute atomic E-state index is 0.232. The Morgan fingerprint density at radius 2 is 1.50 bits per heavy atom. The lowest BCUT2D eigenvalue weighted by atomic mass is 10.2. The summed E-state index contributed by atoms with van der Waals surface area (Å²) in [4.78, 5) is 3.92. The van der Waals surface area contributed by atoms with Crippen LogP contribution in [0.15, 0.2) is 36.5 Å². The predicted molar refractivity (Wildman–Crippen MR) is 71.3 cm³/mol. The molecule has 0 radical (unpaired) electrons. The molecule has 0 saturated carbocycles. The second kappa shape index (κ2) is 6.71. The van der Waals surface area contributed by atoms with Crippen molar-refractivity contribution < 1.29 is 31.3 Å². The van der Waals surface area contributed by atoms with Gasteiger partial charge in [0.2, 0.25) is 0 Å². The zero-order valence-corrected chi connectivity index (χ0v) is 11.0. The Bertz CT molecular complexity index is 607. The highest BCUT2D eigenvalue weighted by atomic mass is 16.8. The molecule has 2 aromatic rings. The van der Waals surface area contributed by atoms with E-state index in [1.807, 2.05) is 0 Å². The number of anilines is 2. The number of benzene rings is 1. The van der Waals surface area contributed by atoms with E-state index in [-0.39, 0.29) is 11.5 Å². The maximum absolute atomic E-state index is 11.3. The van der Waals surface area contributed by atoms with Crippen LogP contribution < -0.4 is 21.0 Å². The van der Waals surface area contributed by atoms with Crippen LogP contribution >= 0.6 is 0 Å². The Kier molecular flexibility index (Phi) is 4.94. The average Bonchev–Trinajstić information content (AvgIpc) is 2.47. The van der Waals surface area contributed by atoms with Crippen molar-refractivity contribution in [1.82, 2.24) is 4.98 Å². The van der Waals surface area contributed by atoms with Crippen molar-refractivity contribution in [2.75, 3.05) is 5.32 Å². The van der Waals surface area contributed by atoms with Crippen LogP contribution in [0.2, 0.25) is 0 Å². The number of nitrogens with one attached hydrogen (secondary N) is 4. The molecule has 0 saturated heterocycles. The normalized spacial score (nSPS) is 15.2. The monoisotopic (exact) mass is 311 g/mol. The maximum Gasteiger partial charge on any atom is 0.200 e. The highest BCUT2D eigenvalue weighted by Gasteiger charge is 2.24. The zero-order valence-electron chi connectivity index (χ0n) is 11.0. The molecule has 0 fully saturated rings. The Hall–Kier alpha value is -2.19. The van der Waals surface area contributed by atoms with E-state index in [1.54, 1.807) is 12.1 Å². The second-order valence-corrected chi connectivity index (χ2v) is 4.20. The number of pyridine rings is 1. The predicted octanol–water partition coefficient (Wildman–Crippen LogP) is -1.96. The van der Waals surface area contributed by atoms with Crippen molar-refractivity contribution in [1.29, 1.82) is 0 Å². The molecule has 7 N–H and O–H groups in total. The average molecular weight is 311 g/mol. The first-order valence-corrected chi connectivity index (χ1v) is 5.96. The van der Waals surface area contributed by atoms with Gasteiger partial charge < -0.3 is 20.9 Å². The highest BCUT2D eigenvalue weighted by Crippen LogP contribution is 2.30. The molecule has 3 atom stereocenters. The Labute approximate surface area is 123 Å². The molecule has 0 spiro atoms. The molecule has 0 aliphatic heterocycles. The van der Waals surface area contributed by atoms with E-state index >= 15 is 0 Å². The number of rotatable bonds is 5. The van der Waals surface area contributed by atoms with Crippen molar-refractivity contribution in [2.24, 2.45) is 0 Å². The summed E-state index contributed by atoms with van der Waals surface area (Å²) in [6.45, 7) is 0. The van der Waals surface area contributed by atoms with Gasteiger partial charge in [0.15, 0.2) is 22.7 Å². The van der Waals surface area contributed by atoms with Gasteiger partial charge in [0.05, 0.1) is 12.1 Å². The summed E-state index contributed by atoms with van der Waals surface area (Å²) < 4.78 is 0. The van der Waals surface area contributed by atoms with Crippen LogP contribution in [0.4, 0.5) is 28.6 Å². The van der Waals surface area contributed by atoms with Crippen LogP contribution in [-0.4, -0.2) is 20.6 Å². The maximum atomic E-state index is 11.3.